The minimum Gasteiger partial charge on any atom is -0.387 e. The molecule has 0 amide bonds. The number of rotatable bonds is 5. The number of benzene rings is 1. The molecule has 3 rings (SSSR count). The van der Waals surface area contributed by atoms with Crippen molar-refractivity contribution in [1.82, 2.24) is 15.2 Å². The van der Waals surface area contributed by atoms with Crippen molar-refractivity contribution in [3.63, 3.8) is 0 Å². The van der Waals surface area contributed by atoms with Crippen molar-refractivity contribution in [1.29, 1.82) is 0 Å². The standard InChI is InChI=1S/C14H15Cl2N3OS/c15-10-4-2-1-3-9(10)7-14(20,13(16)5-6-13)8-11-17-12(21)19-18-11/h1-4,20H,5-8H2,(H2,17,18,19,21). The summed E-state index contributed by atoms with van der Waals surface area (Å²) in [5, 5.41) is 18.9. The minimum atomic E-state index is -1.14. The normalized spacial score (nSPS) is 19.2. The van der Waals surface area contributed by atoms with Gasteiger partial charge in [0.05, 0.1) is 10.5 Å². The molecular formula is C14H15Cl2N3OS. The van der Waals surface area contributed by atoms with Crippen molar-refractivity contribution in [3.8, 4) is 0 Å². The SMILES string of the molecule is OC(Cc1n[nH]c(S)n1)(Cc1ccccc1Cl)C1(Cl)CC1. The highest BCUT2D eigenvalue weighted by Gasteiger charge is 2.58. The first-order valence-electron chi connectivity index (χ1n) is 6.67. The van der Waals surface area contributed by atoms with Crippen molar-refractivity contribution < 1.29 is 5.11 Å². The van der Waals surface area contributed by atoms with Crippen LogP contribution in [-0.2, 0) is 12.8 Å². The Bertz CT molecular complexity index is 659. The van der Waals surface area contributed by atoms with E-state index < -0.39 is 10.5 Å². The van der Waals surface area contributed by atoms with Gasteiger partial charge in [0, 0.05) is 17.9 Å². The number of nitrogens with zero attached hydrogens (tertiary/aromatic N) is 2. The third-order valence-corrected chi connectivity index (χ3v) is 5.23. The first-order valence-corrected chi connectivity index (χ1v) is 7.87. The first kappa shape index (κ1) is 15.2. The number of aromatic nitrogens is 3. The second-order valence-electron chi connectivity index (χ2n) is 5.52. The van der Waals surface area contributed by atoms with E-state index in [2.05, 4.69) is 27.8 Å². The van der Waals surface area contributed by atoms with Gasteiger partial charge in [-0.2, -0.15) is 5.10 Å². The number of thiol groups is 1. The van der Waals surface area contributed by atoms with Crippen LogP contribution in [0, 0.1) is 0 Å². The molecule has 1 atom stereocenters. The molecule has 0 aliphatic heterocycles. The van der Waals surface area contributed by atoms with E-state index in [9.17, 15) is 5.11 Å². The smallest absolute Gasteiger partial charge is 0.180 e. The summed E-state index contributed by atoms with van der Waals surface area (Å²) < 4.78 is 0. The number of nitrogens with one attached hydrogen (secondary N) is 1. The van der Waals surface area contributed by atoms with Crippen LogP contribution in [0.5, 0.6) is 0 Å². The summed E-state index contributed by atoms with van der Waals surface area (Å²) in [5.41, 5.74) is -0.266. The van der Waals surface area contributed by atoms with Crippen LogP contribution in [0.2, 0.25) is 5.02 Å². The van der Waals surface area contributed by atoms with Crippen LogP contribution in [0.1, 0.15) is 24.2 Å². The molecule has 21 heavy (non-hydrogen) atoms. The topological polar surface area (TPSA) is 61.8 Å². The zero-order valence-corrected chi connectivity index (χ0v) is 13.6. The van der Waals surface area contributed by atoms with Crippen LogP contribution in [0.25, 0.3) is 0 Å². The molecular weight excluding hydrogens is 329 g/mol. The van der Waals surface area contributed by atoms with Gasteiger partial charge in [0.15, 0.2) is 11.0 Å². The third kappa shape index (κ3) is 3.06. The molecule has 1 aromatic heterocycles. The number of aliphatic hydroxyl groups is 1. The minimum absolute atomic E-state index is 0.263. The van der Waals surface area contributed by atoms with Crippen LogP contribution >= 0.6 is 35.8 Å². The van der Waals surface area contributed by atoms with Crippen molar-refractivity contribution in [3.05, 3.63) is 40.7 Å². The fraction of sp³-hybridized carbons (Fsp3) is 0.429. The summed E-state index contributed by atoms with van der Waals surface area (Å²) in [5.74, 6) is 0.501. The van der Waals surface area contributed by atoms with Gasteiger partial charge < -0.3 is 5.11 Å². The van der Waals surface area contributed by atoms with Crippen LogP contribution in [0.3, 0.4) is 0 Å². The van der Waals surface area contributed by atoms with Gasteiger partial charge in [-0.25, -0.2) is 4.98 Å². The Morgan fingerprint density at radius 3 is 2.62 bits per heavy atom. The van der Waals surface area contributed by atoms with Crippen LogP contribution < -0.4 is 0 Å². The van der Waals surface area contributed by atoms with E-state index in [0.717, 1.165) is 18.4 Å². The lowest BCUT2D eigenvalue weighted by atomic mass is 9.85. The molecule has 112 valence electrons. The largest absolute Gasteiger partial charge is 0.387 e. The molecule has 1 aromatic carbocycles. The van der Waals surface area contributed by atoms with E-state index in [4.69, 9.17) is 23.2 Å². The predicted molar refractivity (Wildman–Crippen MR) is 85.3 cm³/mol. The van der Waals surface area contributed by atoms with Gasteiger partial charge in [0.1, 0.15) is 0 Å². The number of halogens is 2. The molecule has 7 heteroatoms. The van der Waals surface area contributed by atoms with Crippen LogP contribution in [0.15, 0.2) is 29.4 Å². The monoisotopic (exact) mass is 343 g/mol. The zero-order valence-electron chi connectivity index (χ0n) is 11.2. The summed E-state index contributed by atoms with van der Waals surface area (Å²) in [6, 6.07) is 7.47. The maximum Gasteiger partial charge on any atom is 0.180 e. The number of H-pyrrole nitrogens is 1. The Morgan fingerprint density at radius 1 is 1.33 bits per heavy atom. The molecule has 0 spiro atoms. The van der Waals surface area contributed by atoms with Gasteiger partial charge in [0.25, 0.3) is 0 Å². The number of hydrogen-bond acceptors (Lipinski definition) is 4. The number of hydrogen-bond donors (Lipinski definition) is 3. The highest BCUT2D eigenvalue weighted by molar-refractivity contribution is 7.80. The quantitative estimate of drug-likeness (QED) is 0.577. The Labute approximate surface area is 138 Å². The Kier molecular flexibility index (Phi) is 3.94. The number of aromatic amines is 1. The van der Waals surface area contributed by atoms with Crippen LogP contribution in [0.4, 0.5) is 0 Å². The van der Waals surface area contributed by atoms with E-state index in [1.54, 1.807) is 0 Å². The lowest BCUT2D eigenvalue weighted by Crippen LogP contribution is -2.45. The molecule has 1 aliphatic rings. The molecule has 1 saturated carbocycles. The lowest BCUT2D eigenvalue weighted by Gasteiger charge is -2.32. The highest BCUT2D eigenvalue weighted by atomic mass is 35.5. The summed E-state index contributed by atoms with van der Waals surface area (Å²) >= 11 is 16.8. The lowest BCUT2D eigenvalue weighted by molar-refractivity contribution is 0.0265. The second kappa shape index (κ2) is 5.47. The average Bonchev–Trinajstić information content (AvgIpc) is 3.07. The van der Waals surface area contributed by atoms with Crippen molar-refractivity contribution in [2.75, 3.05) is 0 Å². The van der Waals surface area contributed by atoms with Gasteiger partial charge >= 0.3 is 0 Å². The summed E-state index contributed by atoms with van der Waals surface area (Å²) in [7, 11) is 0. The van der Waals surface area contributed by atoms with Gasteiger partial charge in [-0.3, -0.25) is 5.10 Å². The Morgan fingerprint density at radius 2 is 2.05 bits per heavy atom. The van der Waals surface area contributed by atoms with E-state index in [1.807, 2.05) is 24.3 Å². The average molecular weight is 344 g/mol. The predicted octanol–water partition coefficient (Wildman–Crippen LogP) is 3.03. The summed E-state index contributed by atoms with van der Waals surface area (Å²) in [6.07, 6.45) is 2.17. The molecule has 0 saturated heterocycles. The first-order chi connectivity index (χ1) is 9.92. The molecule has 0 bridgehead atoms. The van der Waals surface area contributed by atoms with Gasteiger partial charge in [-0.15, -0.1) is 24.2 Å². The Hall–Kier alpha value is -0.750. The second-order valence-corrected chi connectivity index (χ2v) is 7.07. The molecule has 0 radical (unpaired) electrons. The fourth-order valence-corrected chi connectivity index (χ4v) is 3.13. The van der Waals surface area contributed by atoms with Crippen molar-refractivity contribution in [2.24, 2.45) is 0 Å². The molecule has 1 heterocycles. The van der Waals surface area contributed by atoms with Crippen molar-refractivity contribution >= 4 is 35.8 Å². The maximum absolute atomic E-state index is 11.1. The maximum atomic E-state index is 11.1. The molecule has 1 fully saturated rings. The zero-order chi connectivity index (χ0) is 15.1. The highest BCUT2D eigenvalue weighted by Crippen LogP contribution is 2.53. The molecule has 2 aromatic rings. The molecule has 4 nitrogen and oxygen atoms in total. The van der Waals surface area contributed by atoms with E-state index in [-0.39, 0.29) is 6.42 Å². The number of alkyl halides is 1. The fourth-order valence-electron chi connectivity index (χ4n) is 2.54. The Balaban J connectivity index is 1.89. The van der Waals surface area contributed by atoms with E-state index in [0.29, 0.717) is 22.4 Å². The van der Waals surface area contributed by atoms with Crippen molar-refractivity contribution in [2.45, 2.75) is 41.3 Å². The summed E-state index contributed by atoms with van der Waals surface area (Å²) in [6.45, 7) is 0. The van der Waals surface area contributed by atoms with Gasteiger partial charge in [-0.05, 0) is 24.5 Å². The van der Waals surface area contributed by atoms with Crippen LogP contribution in [-0.4, -0.2) is 30.8 Å². The van der Waals surface area contributed by atoms with E-state index in [1.165, 1.54) is 0 Å². The third-order valence-electron chi connectivity index (χ3n) is 3.93. The summed E-state index contributed by atoms with van der Waals surface area (Å²) in [4.78, 5) is 3.51. The van der Waals surface area contributed by atoms with Gasteiger partial charge in [0.2, 0.25) is 0 Å². The molecule has 2 N–H and O–H groups in total. The molecule has 1 unspecified atom stereocenters. The molecule has 1 aliphatic carbocycles. The van der Waals surface area contributed by atoms with Gasteiger partial charge in [-0.1, -0.05) is 29.8 Å². The van der Waals surface area contributed by atoms with E-state index >= 15 is 0 Å².